The molecule has 0 amide bonds. The molecule has 3 heteroatoms. The highest BCUT2D eigenvalue weighted by Gasteiger charge is 2.23. The molecule has 1 fully saturated rings. The molecule has 0 aliphatic carbocycles. The standard InChI is InChI=1S/C12H17NO2/c1-9-12(7-8-15-9)13-10-3-5-11(14-2)6-4-10/h3-6,9,12-13H,7-8H2,1-2H3/t9-,12-/m1/s1. The maximum absolute atomic E-state index is 5.50. The zero-order valence-corrected chi connectivity index (χ0v) is 9.19. The minimum Gasteiger partial charge on any atom is -0.497 e. The summed E-state index contributed by atoms with van der Waals surface area (Å²) in [6.45, 7) is 2.96. The first kappa shape index (κ1) is 10.3. The molecule has 1 aliphatic heterocycles. The Balaban J connectivity index is 1.98. The summed E-state index contributed by atoms with van der Waals surface area (Å²) in [6.07, 6.45) is 1.37. The lowest BCUT2D eigenvalue weighted by atomic mass is 10.1. The first-order valence-electron chi connectivity index (χ1n) is 5.32. The molecule has 3 nitrogen and oxygen atoms in total. The average Bonchev–Trinajstić information content (AvgIpc) is 2.66. The molecule has 0 spiro atoms. The van der Waals surface area contributed by atoms with E-state index in [-0.39, 0.29) is 0 Å². The SMILES string of the molecule is COc1ccc(N[C@@H]2CCO[C@@H]2C)cc1. The van der Waals surface area contributed by atoms with E-state index in [0.717, 1.165) is 24.5 Å². The third kappa shape index (κ3) is 2.42. The molecule has 2 atom stereocenters. The summed E-state index contributed by atoms with van der Waals surface area (Å²) < 4.78 is 10.6. The molecular formula is C12H17NO2. The van der Waals surface area contributed by atoms with Crippen molar-refractivity contribution >= 4 is 5.69 Å². The van der Waals surface area contributed by atoms with Gasteiger partial charge in [0.1, 0.15) is 5.75 Å². The number of rotatable bonds is 3. The average molecular weight is 207 g/mol. The lowest BCUT2D eigenvalue weighted by Gasteiger charge is -2.17. The zero-order valence-electron chi connectivity index (χ0n) is 9.19. The molecule has 1 aromatic carbocycles. The van der Waals surface area contributed by atoms with Crippen LogP contribution in [0.2, 0.25) is 0 Å². The fraction of sp³-hybridized carbons (Fsp3) is 0.500. The van der Waals surface area contributed by atoms with Gasteiger partial charge in [0.25, 0.3) is 0 Å². The van der Waals surface area contributed by atoms with E-state index in [1.165, 1.54) is 0 Å². The van der Waals surface area contributed by atoms with Crippen molar-refractivity contribution in [1.29, 1.82) is 0 Å². The molecule has 2 rings (SSSR count). The molecular weight excluding hydrogens is 190 g/mol. The van der Waals surface area contributed by atoms with Gasteiger partial charge in [0, 0.05) is 12.3 Å². The summed E-state index contributed by atoms with van der Waals surface area (Å²) in [6, 6.07) is 8.41. The van der Waals surface area contributed by atoms with Gasteiger partial charge < -0.3 is 14.8 Å². The molecule has 15 heavy (non-hydrogen) atoms. The number of benzene rings is 1. The lowest BCUT2D eigenvalue weighted by molar-refractivity contribution is 0.121. The van der Waals surface area contributed by atoms with Crippen LogP contribution in [0.1, 0.15) is 13.3 Å². The van der Waals surface area contributed by atoms with Gasteiger partial charge in [-0.15, -0.1) is 0 Å². The van der Waals surface area contributed by atoms with Gasteiger partial charge in [-0.1, -0.05) is 0 Å². The summed E-state index contributed by atoms with van der Waals surface area (Å²) in [7, 11) is 1.68. The molecule has 1 saturated heterocycles. The van der Waals surface area contributed by atoms with Crippen LogP contribution >= 0.6 is 0 Å². The maximum atomic E-state index is 5.50. The van der Waals surface area contributed by atoms with Gasteiger partial charge in [0.15, 0.2) is 0 Å². The van der Waals surface area contributed by atoms with Crippen LogP contribution in [0.25, 0.3) is 0 Å². The Morgan fingerprint density at radius 2 is 2.07 bits per heavy atom. The predicted octanol–water partition coefficient (Wildman–Crippen LogP) is 2.28. The van der Waals surface area contributed by atoms with Crippen LogP contribution < -0.4 is 10.1 Å². The Labute approximate surface area is 90.4 Å². The van der Waals surface area contributed by atoms with Crippen LogP contribution in [-0.4, -0.2) is 25.9 Å². The quantitative estimate of drug-likeness (QED) is 0.824. The molecule has 1 aliphatic rings. The van der Waals surface area contributed by atoms with E-state index in [9.17, 15) is 0 Å². The van der Waals surface area contributed by atoms with Gasteiger partial charge in [0.05, 0.1) is 19.3 Å². The monoisotopic (exact) mass is 207 g/mol. The summed E-state index contributed by atoms with van der Waals surface area (Å²) >= 11 is 0. The lowest BCUT2D eigenvalue weighted by Crippen LogP contribution is -2.26. The Hall–Kier alpha value is -1.22. The number of methoxy groups -OCH3 is 1. The van der Waals surface area contributed by atoms with Crippen LogP contribution in [0.3, 0.4) is 0 Å². The fourth-order valence-corrected chi connectivity index (χ4v) is 1.82. The van der Waals surface area contributed by atoms with Crippen LogP contribution in [0.4, 0.5) is 5.69 Å². The summed E-state index contributed by atoms with van der Waals surface area (Å²) in [5.74, 6) is 0.885. The van der Waals surface area contributed by atoms with Crippen molar-refractivity contribution in [3.63, 3.8) is 0 Å². The van der Waals surface area contributed by atoms with Crippen LogP contribution in [-0.2, 0) is 4.74 Å². The van der Waals surface area contributed by atoms with E-state index in [0.29, 0.717) is 12.1 Å². The molecule has 82 valence electrons. The number of hydrogen-bond acceptors (Lipinski definition) is 3. The van der Waals surface area contributed by atoms with Gasteiger partial charge in [0.2, 0.25) is 0 Å². The zero-order chi connectivity index (χ0) is 10.7. The van der Waals surface area contributed by atoms with Gasteiger partial charge in [-0.2, -0.15) is 0 Å². The van der Waals surface area contributed by atoms with Crippen LogP contribution in [0, 0.1) is 0 Å². The van der Waals surface area contributed by atoms with Crippen LogP contribution in [0.5, 0.6) is 5.75 Å². The minimum atomic E-state index is 0.298. The second-order valence-electron chi connectivity index (χ2n) is 3.84. The number of anilines is 1. The van der Waals surface area contributed by atoms with E-state index >= 15 is 0 Å². The molecule has 1 aromatic rings. The number of hydrogen-bond donors (Lipinski definition) is 1. The topological polar surface area (TPSA) is 30.5 Å². The first-order chi connectivity index (χ1) is 7.29. The van der Waals surface area contributed by atoms with Crippen molar-refractivity contribution in [3.8, 4) is 5.75 Å². The Bertz CT molecular complexity index is 310. The highest BCUT2D eigenvalue weighted by atomic mass is 16.5. The van der Waals surface area contributed by atoms with E-state index < -0.39 is 0 Å². The second-order valence-corrected chi connectivity index (χ2v) is 3.84. The molecule has 0 aromatic heterocycles. The van der Waals surface area contributed by atoms with Crippen molar-refractivity contribution in [2.75, 3.05) is 19.0 Å². The molecule has 0 radical (unpaired) electrons. The fourth-order valence-electron chi connectivity index (χ4n) is 1.82. The third-order valence-electron chi connectivity index (χ3n) is 2.82. The maximum Gasteiger partial charge on any atom is 0.119 e. The Morgan fingerprint density at radius 1 is 1.33 bits per heavy atom. The van der Waals surface area contributed by atoms with E-state index in [1.807, 2.05) is 24.3 Å². The first-order valence-corrected chi connectivity index (χ1v) is 5.32. The summed E-state index contributed by atoms with van der Waals surface area (Å²) in [5.41, 5.74) is 1.12. The largest absolute Gasteiger partial charge is 0.497 e. The molecule has 0 saturated carbocycles. The number of ether oxygens (including phenoxy) is 2. The van der Waals surface area contributed by atoms with Crippen molar-refractivity contribution in [2.45, 2.75) is 25.5 Å². The van der Waals surface area contributed by atoms with Crippen molar-refractivity contribution in [3.05, 3.63) is 24.3 Å². The van der Waals surface area contributed by atoms with Crippen molar-refractivity contribution in [2.24, 2.45) is 0 Å². The third-order valence-corrected chi connectivity index (χ3v) is 2.82. The summed E-state index contributed by atoms with van der Waals surface area (Å²) in [4.78, 5) is 0. The van der Waals surface area contributed by atoms with E-state index in [4.69, 9.17) is 9.47 Å². The van der Waals surface area contributed by atoms with Crippen molar-refractivity contribution in [1.82, 2.24) is 0 Å². The highest BCUT2D eigenvalue weighted by molar-refractivity contribution is 5.47. The van der Waals surface area contributed by atoms with Gasteiger partial charge >= 0.3 is 0 Å². The van der Waals surface area contributed by atoms with Crippen molar-refractivity contribution < 1.29 is 9.47 Å². The smallest absolute Gasteiger partial charge is 0.119 e. The molecule has 1 heterocycles. The number of nitrogens with one attached hydrogen (secondary N) is 1. The van der Waals surface area contributed by atoms with Crippen LogP contribution in [0.15, 0.2) is 24.3 Å². The van der Waals surface area contributed by atoms with Gasteiger partial charge in [-0.25, -0.2) is 0 Å². The van der Waals surface area contributed by atoms with E-state index in [2.05, 4.69) is 12.2 Å². The van der Waals surface area contributed by atoms with E-state index in [1.54, 1.807) is 7.11 Å². The Kier molecular flexibility index (Phi) is 3.11. The highest BCUT2D eigenvalue weighted by Crippen LogP contribution is 2.20. The van der Waals surface area contributed by atoms with Gasteiger partial charge in [-0.3, -0.25) is 0 Å². The van der Waals surface area contributed by atoms with Gasteiger partial charge in [-0.05, 0) is 37.6 Å². The molecule has 1 N–H and O–H groups in total. The normalized spacial score (nSPS) is 25.2. The molecule has 0 unspecified atom stereocenters. The minimum absolute atomic E-state index is 0.298. The Morgan fingerprint density at radius 3 is 2.60 bits per heavy atom. The second kappa shape index (κ2) is 4.53. The predicted molar refractivity (Wildman–Crippen MR) is 60.4 cm³/mol. The molecule has 0 bridgehead atoms. The summed E-state index contributed by atoms with van der Waals surface area (Å²) in [5, 5.41) is 3.46.